The van der Waals surface area contributed by atoms with Gasteiger partial charge in [0.15, 0.2) is 0 Å². The summed E-state index contributed by atoms with van der Waals surface area (Å²) < 4.78 is 0. The molecule has 0 fully saturated rings. The summed E-state index contributed by atoms with van der Waals surface area (Å²) in [5.74, 6) is 0. The highest BCUT2D eigenvalue weighted by molar-refractivity contribution is 5.80. The Hall–Kier alpha value is -1.28. The Bertz CT molecular complexity index is 412. The van der Waals surface area contributed by atoms with E-state index in [4.69, 9.17) is 0 Å². The van der Waals surface area contributed by atoms with Gasteiger partial charge in [0, 0.05) is 23.8 Å². The van der Waals surface area contributed by atoms with E-state index < -0.39 is 0 Å². The maximum atomic E-state index is 3.51. The van der Waals surface area contributed by atoms with E-state index in [9.17, 15) is 0 Å². The summed E-state index contributed by atoms with van der Waals surface area (Å²) >= 11 is 0. The second kappa shape index (κ2) is 5.17. The minimum absolute atomic E-state index is 0.615. The Morgan fingerprint density at radius 2 is 2.12 bits per heavy atom. The number of benzene rings is 1. The van der Waals surface area contributed by atoms with Crippen LogP contribution in [0.3, 0.4) is 0 Å². The van der Waals surface area contributed by atoms with E-state index in [0.29, 0.717) is 6.04 Å². The minimum atomic E-state index is 0.615. The monoisotopic (exact) mass is 216 g/mol. The van der Waals surface area contributed by atoms with Crippen molar-refractivity contribution in [3.63, 3.8) is 0 Å². The van der Waals surface area contributed by atoms with E-state index in [1.165, 1.54) is 23.0 Å². The van der Waals surface area contributed by atoms with Gasteiger partial charge in [-0.3, -0.25) is 0 Å². The lowest BCUT2D eigenvalue weighted by Gasteiger charge is -2.09. The summed E-state index contributed by atoms with van der Waals surface area (Å²) in [5.41, 5.74) is 2.55. The average Bonchev–Trinajstić information content (AvgIpc) is 2.71. The molecule has 0 amide bonds. The molecule has 86 valence electrons. The lowest BCUT2D eigenvalue weighted by Crippen LogP contribution is -2.27. The molecule has 2 aromatic rings. The maximum Gasteiger partial charge on any atom is 0.0456 e. The first-order chi connectivity index (χ1) is 7.79. The molecule has 1 atom stereocenters. The fraction of sp³-hybridized carbons (Fsp3) is 0.429. The van der Waals surface area contributed by atoms with Gasteiger partial charge >= 0.3 is 0 Å². The molecule has 0 aliphatic carbocycles. The van der Waals surface area contributed by atoms with Crippen molar-refractivity contribution >= 4 is 10.9 Å². The van der Waals surface area contributed by atoms with Crippen LogP contribution >= 0.6 is 0 Å². The highest BCUT2D eigenvalue weighted by Gasteiger charge is 2.01. The Balaban J connectivity index is 1.94. The average molecular weight is 216 g/mol. The molecular weight excluding hydrogens is 196 g/mol. The van der Waals surface area contributed by atoms with Crippen LogP contribution < -0.4 is 5.32 Å². The fourth-order valence-corrected chi connectivity index (χ4v) is 1.87. The quantitative estimate of drug-likeness (QED) is 0.789. The number of para-hydroxylation sites is 1. The number of rotatable bonds is 5. The molecule has 16 heavy (non-hydrogen) atoms. The summed E-state index contributed by atoms with van der Waals surface area (Å²) in [6, 6.07) is 11.3. The van der Waals surface area contributed by atoms with E-state index in [-0.39, 0.29) is 0 Å². The van der Waals surface area contributed by atoms with Gasteiger partial charge in [-0.1, -0.05) is 25.1 Å². The van der Waals surface area contributed by atoms with Crippen molar-refractivity contribution in [3.05, 3.63) is 36.0 Å². The van der Waals surface area contributed by atoms with E-state index in [2.05, 4.69) is 54.5 Å². The lowest BCUT2D eigenvalue weighted by molar-refractivity contribution is 0.536. The summed E-state index contributed by atoms with van der Waals surface area (Å²) in [6.07, 6.45) is 2.26. The Morgan fingerprint density at radius 3 is 2.88 bits per heavy atom. The number of fused-ring (bicyclic) bond motifs is 1. The fourth-order valence-electron chi connectivity index (χ4n) is 1.87. The molecule has 0 aliphatic heterocycles. The zero-order chi connectivity index (χ0) is 11.4. The van der Waals surface area contributed by atoms with Crippen molar-refractivity contribution in [1.82, 2.24) is 10.3 Å². The second-order valence-electron chi connectivity index (χ2n) is 4.40. The predicted molar refractivity (Wildman–Crippen MR) is 69.8 cm³/mol. The highest BCUT2D eigenvalue weighted by atomic mass is 14.9. The van der Waals surface area contributed by atoms with E-state index in [1.54, 1.807) is 0 Å². The molecule has 0 bridgehead atoms. The normalized spacial score (nSPS) is 13.1. The van der Waals surface area contributed by atoms with Crippen molar-refractivity contribution in [2.24, 2.45) is 0 Å². The van der Waals surface area contributed by atoms with Gasteiger partial charge in [-0.2, -0.15) is 0 Å². The highest BCUT2D eigenvalue weighted by Crippen LogP contribution is 2.14. The van der Waals surface area contributed by atoms with E-state index >= 15 is 0 Å². The van der Waals surface area contributed by atoms with Crippen LogP contribution in [0.2, 0.25) is 0 Å². The van der Waals surface area contributed by atoms with Gasteiger partial charge in [0.25, 0.3) is 0 Å². The Kier molecular flexibility index (Phi) is 3.62. The zero-order valence-electron chi connectivity index (χ0n) is 10.1. The van der Waals surface area contributed by atoms with E-state index in [0.717, 1.165) is 13.0 Å². The molecule has 1 aromatic carbocycles. The number of H-pyrrole nitrogens is 1. The first-order valence-corrected chi connectivity index (χ1v) is 6.09. The minimum Gasteiger partial charge on any atom is -0.358 e. The maximum absolute atomic E-state index is 3.51. The van der Waals surface area contributed by atoms with Crippen LogP contribution in [0.25, 0.3) is 10.9 Å². The zero-order valence-corrected chi connectivity index (χ0v) is 10.1. The van der Waals surface area contributed by atoms with Gasteiger partial charge in [0.05, 0.1) is 0 Å². The van der Waals surface area contributed by atoms with E-state index in [1.807, 2.05) is 0 Å². The van der Waals surface area contributed by atoms with Crippen LogP contribution in [-0.4, -0.2) is 17.6 Å². The number of hydrogen-bond acceptors (Lipinski definition) is 1. The number of aromatic nitrogens is 1. The summed E-state index contributed by atoms with van der Waals surface area (Å²) in [5, 5.41) is 4.81. The Morgan fingerprint density at radius 1 is 1.31 bits per heavy atom. The van der Waals surface area contributed by atoms with Crippen molar-refractivity contribution in [2.45, 2.75) is 32.7 Å². The molecule has 0 aliphatic rings. The first kappa shape index (κ1) is 11.2. The molecule has 0 radical (unpaired) electrons. The molecule has 0 spiro atoms. The van der Waals surface area contributed by atoms with Crippen LogP contribution in [0.4, 0.5) is 0 Å². The Labute approximate surface area is 97.1 Å². The third-order valence-corrected chi connectivity index (χ3v) is 3.09. The van der Waals surface area contributed by atoms with Crippen LogP contribution in [0, 0.1) is 0 Å². The van der Waals surface area contributed by atoms with Crippen LogP contribution in [-0.2, 0) is 6.42 Å². The van der Waals surface area contributed by atoms with Crippen LogP contribution in [0.15, 0.2) is 30.3 Å². The van der Waals surface area contributed by atoms with Crippen LogP contribution in [0.5, 0.6) is 0 Å². The second-order valence-corrected chi connectivity index (χ2v) is 4.40. The summed E-state index contributed by atoms with van der Waals surface area (Å²) in [4.78, 5) is 3.45. The van der Waals surface area contributed by atoms with Crippen molar-refractivity contribution in [3.8, 4) is 0 Å². The lowest BCUT2D eigenvalue weighted by atomic mass is 10.2. The van der Waals surface area contributed by atoms with Crippen molar-refractivity contribution in [2.75, 3.05) is 6.54 Å². The predicted octanol–water partition coefficient (Wildman–Crippen LogP) is 3.10. The smallest absolute Gasteiger partial charge is 0.0456 e. The summed E-state index contributed by atoms with van der Waals surface area (Å²) in [6.45, 7) is 5.48. The third-order valence-electron chi connectivity index (χ3n) is 3.09. The van der Waals surface area contributed by atoms with Gasteiger partial charge in [-0.05, 0) is 37.3 Å². The van der Waals surface area contributed by atoms with Crippen LogP contribution in [0.1, 0.15) is 26.0 Å². The first-order valence-electron chi connectivity index (χ1n) is 6.09. The van der Waals surface area contributed by atoms with Gasteiger partial charge < -0.3 is 10.3 Å². The molecule has 2 N–H and O–H groups in total. The molecule has 0 saturated carbocycles. The molecule has 1 unspecified atom stereocenters. The topological polar surface area (TPSA) is 27.8 Å². The molecular formula is C14H20N2. The van der Waals surface area contributed by atoms with Gasteiger partial charge in [0.1, 0.15) is 0 Å². The largest absolute Gasteiger partial charge is 0.358 e. The molecule has 1 aromatic heterocycles. The molecule has 0 saturated heterocycles. The van der Waals surface area contributed by atoms with Gasteiger partial charge in [0.2, 0.25) is 0 Å². The number of aromatic amines is 1. The molecule has 1 heterocycles. The van der Waals surface area contributed by atoms with Crippen molar-refractivity contribution < 1.29 is 0 Å². The SMILES string of the molecule is CCC(C)NCCc1cc2ccccc2[nH]1. The molecule has 2 rings (SSSR count). The molecule has 2 heteroatoms. The molecule has 2 nitrogen and oxygen atoms in total. The summed E-state index contributed by atoms with van der Waals surface area (Å²) in [7, 11) is 0. The number of hydrogen-bond donors (Lipinski definition) is 2. The third kappa shape index (κ3) is 2.64. The van der Waals surface area contributed by atoms with Gasteiger partial charge in [-0.15, -0.1) is 0 Å². The standard InChI is InChI=1S/C14H20N2/c1-3-11(2)15-9-8-13-10-12-6-4-5-7-14(12)16-13/h4-7,10-11,15-16H,3,8-9H2,1-2H3. The van der Waals surface area contributed by atoms with Gasteiger partial charge in [-0.25, -0.2) is 0 Å². The number of nitrogens with one attached hydrogen (secondary N) is 2. The van der Waals surface area contributed by atoms with Crippen molar-refractivity contribution in [1.29, 1.82) is 0 Å².